The number of hydrogen-bond donors (Lipinski definition) is 0. The SMILES string of the molecule is CCCCN(C)c1cnn(-c2ccc(C(F)(F)F)cn2)c(=O)c1Cl. The van der Waals surface area contributed by atoms with E-state index in [4.69, 9.17) is 11.6 Å². The minimum Gasteiger partial charge on any atom is -0.372 e. The Hall–Kier alpha value is -2.09. The number of aromatic nitrogens is 3. The molecule has 130 valence electrons. The molecular formula is C15H16ClF3N4O. The van der Waals surface area contributed by atoms with Gasteiger partial charge in [0.15, 0.2) is 5.82 Å². The van der Waals surface area contributed by atoms with Crippen molar-refractivity contribution in [3.63, 3.8) is 0 Å². The molecule has 9 heteroatoms. The summed E-state index contributed by atoms with van der Waals surface area (Å²) in [4.78, 5) is 17.8. The Morgan fingerprint density at radius 2 is 2.00 bits per heavy atom. The molecule has 0 aliphatic heterocycles. The third-order valence-electron chi connectivity index (χ3n) is 3.45. The maximum absolute atomic E-state index is 12.6. The Morgan fingerprint density at radius 3 is 2.54 bits per heavy atom. The second-order valence-electron chi connectivity index (χ2n) is 5.24. The molecule has 24 heavy (non-hydrogen) atoms. The van der Waals surface area contributed by atoms with Crippen LogP contribution in [-0.2, 0) is 6.18 Å². The number of hydrogen-bond acceptors (Lipinski definition) is 4. The molecule has 2 heterocycles. The zero-order valence-electron chi connectivity index (χ0n) is 13.1. The molecule has 2 rings (SSSR count). The first-order valence-electron chi connectivity index (χ1n) is 7.28. The Morgan fingerprint density at radius 1 is 1.29 bits per heavy atom. The van der Waals surface area contributed by atoms with E-state index in [1.54, 1.807) is 7.05 Å². The highest BCUT2D eigenvalue weighted by Gasteiger charge is 2.30. The topological polar surface area (TPSA) is 51.0 Å². The van der Waals surface area contributed by atoms with Gasteiger partial charge in [0.2, 0.25) is 0 Å². The van der Waals surface area contributed by atoms with E-state index in [1.807, 2.05) is 11.8 Å². The summed E-state index contributed by atoms with van der Waals surface area (Å²) < 4.78 is 38.5. The molecule has 5 nitrogen and oxygen atoms in total. The fourth-order valence-corrected chi connectivity index (χ4v) is 2.32. The van der Waals surface area contributed by atoms with Gasteiger partial charge in [-0.15, -0.1) is 0 Å². The van der Waals surface area contributed by atoms with Crippen LogP contribution >= 0.6 is 11.6 Å². The predicted molar refractivity (Wildman–Crippen MR) is 85.8 cm³/mol. The average Bonchev–Trinajstić information content (AvgIpc) is 2.54. The van der Waals surface area contributed by atoms with Crippen molar-refractivity contribution >= 4 is 17.3 Å². The molecule has 0 spiro atoms. The molecule has 0 atom stereocenters. The minimum absolute atomic E-state index is 0.0299. The quantitative estimate of drug-likeness (QED) is 0.818. The Labute approximate surface area is 141 Å². The van der Waals surface area contributed by atoms with E-state index in [1.165, 1.54) is 6.20 Å². The van der Waals surface area contributed by atoms with Crippen LogP contribution in [0.3, 0.4) is 0 Å². The normalized spacial score (nSPS) is 11.6. The van der Waals surface area contributed by atoms with Crippen molar-refractivity contribution in [2.24, 2.45) is 0 Å². The van der Waals surface area contributed by atoms with E-state index in [0.717, 1.165) is 29.7 Å². The second kappa shape index (κ2) is 7.21. The zero-order valence-corrected chi connectivity index (χ0v) is 13.9. The van der Waals surface area contributed by atoms with Gasteiger partial charge in [-0.25, -0.2) is 4.98 Å². The molecule has 0 N–H and O–H groups in total. The first-order chi connectivity index (χ1) is 11.3. The maximum atomic E-state index is 12.6. The third-order valence-corrected chi connectivity index (χ3v) is 3.81. The van der Waals surface area contributed by atoms with Crippen molar-refractivity contribution in [1.29, 1.82) is 0 Å². The molecule has 0 aromatic carbocycles. The van der Waals surface area contributed by atoms with Crippen LogP contribution in [0.25, 0.3) is 5.82 Å². The number of anilines is 1. The van der Waals surface area contributed by atoms with Gasteiger partial charge in [-0.2, -0.15) is 23.0 Å². The van der Waals surface area contributed by atoms with Crippen LogP contribution in [0.1, 0.15) is 25.3 Å². The van der Waals surface area contributed by atoms with Crippen molar-refractivity contribution < 1.29 is 13.2 Å². The van der Waals surface area contributed by atoms with Gasteiger partial charge in [0, 0.05) is 19.8 Å². The van der Waals surface area contributed by atoms with Crippen LogP contribution in [0, 0.1) is 0 Å². The van der Waals surface area contributed by atoms with Gasteiger partial charge in [-0.1, -0.05) is 24.9 Å². The van der Waals surface area contributed by atoms with Gasteiger partial charge in [0.1, 0.15) is 5.02 Å². The van der Waals surface area contributed by atoms with Gasteiger partial charge in [-0.05, 0) is 18.6 Å². The second-order valence-corrected chi connectivity index (χ2v) is 5.62. The summed E-state index contributed by atoms with van der Waals surface area (Å²) >= 11 is 6.10. The first kappa shape index (κ1) is 18.3. The summed E-state index contributed by atoms with van der Waals surface area (Å²) in [6.45, 7) is 2.75. The molecular weight excluding hydrogens is 345 g/mol. The maximum Gasteiger partial charge on any atom is 0.417 e. The minimum atomic E-state index is -4.49. The number of halogens is 4. The summed E-state index contributed by atoms with van der Waals surface area (Å²) in [6.07, 6.45) is -0.525. The highest BCUT2D eigenvalue weighted by atomic mass is 35.5. The molecule has 0 aliphatic rings. The van der Waals surface area contributed by atoms with E-state index >= 15 is 0 Å². The zero-order chi connectivity index (χ0) is 17.9. The van der Waals surface area contributed by atoms with Crippen LogP contribution < -0.4 is 10.5 Å². The Kier molecular flexibility index (Phi) is 5.48. The lowest BCUT2D eigenvalue weighted by Crippen LogP contribution is -2.27. The van der Waals surface area contributed by atoms with Crippen LogP contribution in [0.5, 0.6) is 0 Å². The molecule has 0 saturated heterocycles. The summed E-state index contributed by atoms with van der Waals surface area (Å²) in [5.74, 6) is -0.0299. The average molecular weight is 361 g/mol. The van der Waals surface area contributed by atoms with Gasteiger partial charge in [-0.3, -0.25) is 4.79 Å². The van der Waals surface area contributed by atoms with Crippen molar-refractivity contribution in [2.75, 3.05) is 18.5 Å². The van der Waals surface area contributed by atoms with Gasteiger partial charge in [0.25, 0.3) is 5.56 Å². The molecule has 2 aromatic heterocycles. The van der Waals surface area contributed by atoms with Crippen LogP contribution in [0.15, 0.2) is 29.3 Å². The number of nitrogens with zero attached hydrogens (tertiary/aromatic N) is 4. The van der Waals surface area contributed by atoms with E-state index in [0.29, 0.717) is 18.4 Å². The van der Waals surface area contributed by atoms with Crippen molar-refractivity contribution in [2.45, 2.75) is 25.9 Å². The van der Waals surface area contributed by atoms with Crippen LogP contribution in [0.2, 0.25) is 5.02 Å². The van der Waals surface area contributed by atoms with Crippen molar-refractivity contribution in [1.82, 2.24) is 14.8 Å². The Balaban J connectivity index is 2.36. The molecule has 2 aromatic rings. The first-order valence-corrected chi connectivity index (χ1v) is 7.66. The van der Waals surface area contributed by atoms with E-state index in [2.05, 4.69) is 10.1 Å². The predicted octanol–water partition coefficient (Wildman–Crippen LogP) is 3.54. The number of unbranched alkanes of at least 4 members (excludes halogenated alkanes) is 1. The highest BCUT2D eigenvalue weighted by Crippen LogP contribution is 2.28. The molecule has 0 saturated carbocycles. The molecule has 0 aliphatic carbocycles. The third kappa shape index (κ3) is 3.87. The van der Waals surface area contributed by atoms with Crippen molar-refractivity contribution in [3.8, 4) is 5.82 Å². The fourth-order valence-electron chi connectivity index (χ4n) is 2.05. The fraction of sp³-hybridized carbons (Fsp3) is 0.400. The summed E-state index contributed by atoms with van der Waals surface area (Å²) in [6, 6.07) is 1.92. The molecule has 0 amide bonds. The monoisotopic (exact) mass is 360 g/mol. The van der Waals surface area contributed by atoms with Gasteiger partial charge in [0.05, 0.1) is 17.4 Å². The lowest BCUT2D eigenvalue weighted by Gasteiger charge is -2.19. The van der Waals surface area contributed by atoms with E-state index < -0.39 is 17.3 Å². The van der Waals surface area contributed by atoms with Crippen LogP contribution in [-0.4, -0.2) is 28.4 Å². The molecule has 0 unspecified atom stereocenters. The summed E-state index contributed by atoms with van der Waals surface area (Å²) in [7, 11) is 1.79. The lowest BCUT2D eigenvalue weighted by molar-refractivity contribution is -0.137. The molecule has 0 fully saturated rings. The van der Waals surface area contributed by atoms with Gasteiger partial charge < -0.3 is 4.90 Å². The Bertz CT molecular complexity index is 759. The lowest BCUT2D eigenvalue weighted by atomic mass is 10.3. The standard InChI is InChI=1S/C15H16ClF3N4O/c1-3-4-7-22(2)11-9-21-23(14(24)13(11)16)12-6-5-10(8-20-12)15(17,18)19/h5-6,8-9H,3-4,7H2,1-2H3. The highest BCUT2D eigenvalue weighted by molar-refractivity contribution is 6.33. The molecule has 0 radical (unpaired) electrons. The van der Waals surface area contributed by atoms with E-state index in [9.17, 15) is 18.0 Å². The van der Waals surface area contributed by atoms with Gasteiger partial charge >= 0.3 is 6.18 Å². The largest absolute Gasteiger partial charge is 0.417 e. The molecule has 0 bridgehead atoms. The van der Waals surface area contributed by atoms with Crippen LogP contribution in [0.4, 0.5) is 18.9 Å². The summed E-state index contributed by atoms with van der Waals surface area (Å²) in [5, 5.41) is 3.91. The number of pyridine rings is 1. The number of rotatable bonds is 5. The van der Waals surface area contributed by atoms with E-state index in [-0.39, 0.29) is 10.8 Å². The van der Waals surface area contributed by atoms with Crippen molar-refractivity contribution in [3.05, 3.63) is 45.5 Å². The smallest absolute Gasteiger partial charge is 0.372 e. The summed E-state index contributed by atoms with van der Waals surface area (Å²) in [5.41, 5.74) is -1.07. The number of alkyl halides is 3.